The summed E-state index contributed by atoms with van der Waals surface area (Å²) in [5.41, 5.74) is 2.32. The molecule has 0 unspecified atom stereocenters. The number of piperazine rings is 1. The number of anilines is 1. The Hall–Kier alpha value is -2.24. The van der Waals surface area contributed by atoms with Gasteiger partial charge < -0.3 is 14.7 Å². The minimum absolute atomic E-state index is 0.415. The van der Waals surface area contributed by atoms with Crippen molar-refractivity contribution < 1.29 is 9.84 Å². The summed E-state index contributed by atoms with van der Waals surface area (Å²) in [4.78, 5) is 7.63. The van der Waals surface area contributed by atoms with Crippen molar-refractivity contribution in [1.82, 2.24) is 9.80 Å². The number of rotatable bonds is 5. The highest BCUT2D eigenvalue weighted by atomic mass is 16.5. The maximum Gasteiger partial charge on any atom is 0.120 e. The van der Waals surface area contributed by atoms with Gasteiger partial charge in [0.05, 0.1) is 7.11 Å². The predicted octanol–water partition coefficient (Wildman–Crippen LogP) is 3.19. The second kappa shape index (κ2) is 8.84. The smallest absolute Gasteiger partial charge is 0.120 e. The van der Waals surface area contributed by atoms with Crippen LogP contribution in [0.15, 0.2) is 48.5 Å². The van der Waals surface area contributed by atoms with Crippen LogP contribution in [-0.4, -0.2) is 67.3 Å². The van der Waals surface area contributed by atoms with Gasteiger partial charge in [0.15, 0.2) is 0 Å². The summed E-state index contributed by atoms with van der Waals surface area (Å²) in [5, 5.41) is 10.1. The number of hydrogen-bond acceptors (Lipinski definition) is 5. The van der Waals surface area contributed by atoms with E-state index in [-0.39, 0.29) is 0 Å². The molecule has 4 rings (SSSR count). The monoisotopic (exact) mass is 381 g/mol. The van der Waals surface area contributed by atoms with Crippen molar-refractivity contribution in [3.63, 3.8) is 0 Å². The second-order valence-electron chi connectivity index (χ2n) is 7.88. The third-order valence-electron chi connectivity index (χ3n) is 6.13. The van der Waals surface area contributed by atoms with Crippen LogP contribution in [0.5, 0.6) is 11.5 Å². The van der Waals surface area contributed by atoms with Crippen molar-refractivity contribution in [3.8, 4) is 11.5 Å². The van der Waals surface area contributed by atoms with E-state index < -0.39 is 0 Å². The third-order valence-corrected chi connectivity index (χ3v) is 6.13. The summed E-state index contributed by atoms with van der Waals surface area (Å²) in [5.74, 6) is 1.33. The largest absolute Gasteiger partial charge is 0.508 e. The normalized spacial score (nSPS) is 21.6. The van der Waals surface area contributed by atoms with Crippen molar-refractivity contribution in [2.75, 3.05) is 51.3 Å². The Bertz CT molecular complexity index is 757. The summed E-state index contributed by atoms with van der Waals surface area (Å²) >= 11 is 0. The maximum absolute atomic E-state index is 10.1. The number of likely N-dealkylation sites (tertiary alicyclic amines) is 1. The van der Waals surface area contributed by atoms with Gasteiger partial charge in [-0.05, 0) is 49.7 Å². The lowest BCUT2D eigenvalue weighted by atomic mass is 10.0. The molecule has 1 N–H and O–H groups in total. The predicted molar refractivity (Wildman–Crippen MR) is 113 cm³/mol. The van der Waals surface area contributed by atoms with Gasteiger partial charge in [0, 0.05) is 56.6 Å². The van der Waals surface area contributed by atoms with Crippen LogP contribution in [0.2, 0.25) is 0 Å². The summed E-state index contributed by atoms with van der Waals surface area (Å²) in [6, 6.07) is 16.7. The first kappa shape index (κ1) is 19.1. The van der Waals surface area contributed by atoms with Gasteiger partial charge in [-0.3, -0.25) is 9.80 Å². The van der Waals surface area contributed by atoms with E-state index in [4.69, 9.17) is 4.74 Å². The minimum Gasteiger partial charge on any atom is -0.508 e. The molecule has 2 fully saturated rings. The van der Waals surface area contributed by atoms with Gasteiger partial charge in [-0.1, -0.05) is 18.2 Å². The van der Waals surface area contributed by atoms with Gasteiger partial charge in [0.1, 0.15) is 11.5 Å². The first-order chi connectivity index (χ1) is 13.7. The summed E-state index contributed by atoms with van der Waals surface area (Å²) < 4.78 is 5.27. The van der Waals surface area contributed by atoms with Crippen LogP contribution in [0.1, 0.15) is 18.4 Å². The van der Waals surface area contributed by atoms with Gasteiger partial charge in [-0.25, -0.2) is 0 Å². The molecule has 0 spiro atoms. The van der Waals surface area contributed by atoms with E-state index >= 15 is 0 Å². The zero-order chi connectivity index (χ0) is 19.3. The Morgan fingerprint density at radius 2 is 1.71 bits per heavy atom. The Morgan fingerprint density at radius 1 is 0.964 bits per heavy atom. The SMILES string of the molecule is COc1ccc(N2CCN([C@@H]3CCCN(Cc4ccccc4O)C3)CC2)cc1. The van der Waals surface area contributed by atoms with Crippen LogP contribution in [0, 0.1) is 0 Å². The Kier molecular flexibility index (Phi) is 6.03. The number of para-hydroxylation sites is 1. The maximum atomic E-state index is 10.1. The van der Waals surface area contributed by atoms with Crippen molar-refractivity contribution in [2.24, 2.45) is 0 Å². The lowest BCUT2D eigenvalue weighted by Crippen LogP contribution is -2.55. The van der Waals surface area contributed by atoms with Crippen LogP contribution in [-0.2, 0) is 6.54 Å². The number of aromatic hydroxyl groups is 1. The van der Waals surface area contributed by atoms with E-state index in [1.807, 2.05) is 30.3 Å². The molecule has 2 heterocycles. The molecular formula is C23H31N3O2. The van der Waals surface area contributed by atoms with Crippen LogP contribution in [0.3, 0.4) is 0 Å². The minimum atomic E-state index is 0.415. The molecule has 2 aromatic rings. The molecule has 5 nitrogen and oxygen atoms in total. The topological polar surface area (TPSA) is 39.2 Å². The molecule has 0 radical (unpaired) electrons. The van der Waals surface area contributed by atoms with Crippen molar-refractivity contribution >= 4 is 5.69 Å². The lowest BCUT2D eigenvalue weighted by Gasteiger charge is -2.44. The molecule has 0 bridgehead atoms. The number of piperidine rings is 1. The average Bonchev–Trinajstić information content (AvgIpc) is 2.76. The first-order valence-corrected chi connectivity index (χ1v) is 10.4. The molecule has 2 aliphatic rings. The van der Waals surface area contributed by atoms with Crippen molar-refractivity contribution in [1.29, 1.82) is 0 Å². The molecule has 2 saturated heterocycles. The Balaban J connectivity index is 1.31. The number of ether oxygens (including phenoxy) is 1. The quantitative estimate of drug-likeness (QED) is 0.861. The molecule has 0 amide bonds. The van der Waals surface area contributed by atoms with Crippen LogP contribution in [0.4, 0.5) is 5.69 Å². The summed E-state index contributed by atoms with van der Waals surface area (Å²) in [6.45, 7) is 7.43. The third kappa shape index (κ3) is 4.42. The molecule has 5 heteroatoms. The highest BCUT2D eigenvalue weighted by molar-refractivity contribution is 5.49. The van der Waals surface area contributed by atoms with Crippen LogP contribution < -0.4 is 9.64 Å². The fourth-order valence-corrected chi connectivity index (χ4v) is 4.50. The molecule has 150 valence electrons. The van der Waals surface area contributed by atoms with E-state index in [2.05, 4.69) is 26.8 Å². The molecule has 28 heavy (non-hydrogen) atoms. The Morgan fingerprint density at radius 3 is 2.43 bits per heavy atom. The number of phenolic OH excluding ortho intramolecular Hbond substituents is 1. The number of nitrogens with zero attached hydrogens (tertiary/aromatic N) is 3. The summed E-state index contributed by atoms with van der Waals surface area (Å²) in [7, 11) is 1.71. The average molecular weight is 382 g/mol. The van der Waals surface area contributed by atoms with Gasteiger partial charge >= 0.3 is 0 Å². The molecular weight excluding hydrogens is 350 g/mol. The van der Waals surface area contributed by atoms with Gasteiger partial charge in [-0.15, -0.1) is 0 Å². The first-order valence-electron chi connectivity index (χ1n) is 10.4. The van der Waals surface area contributed by atoms with Crippen molar-refractivity contribution in [3.05, 3.63) is 54.1 Å². The number of hydrogen-bond donors (Lipinski definition) is 1. The fraction of sp³-hybridized carbons (Fsp3) is 0.478. The van der Waals surface area contributed by atoms with Gasteiger partial charge in [0.25, 0.3) is 0 Å². The number of benzene rings is 2. The molecule has 0 aliphatic carbocycles. The second-order valence-corrected chi connectivity index (χ2v) is 7.88. The summed E-state index contributed by atoms with van der Waals surface area (Å²) in [6.07, 6.45) is 2.51. The molecule has 2 aliphatic heterocycles. The van der Waals surface area contributed by atoms with E-state index in [1.54, 1.807) is 13.2 Å². The van der Waals surface area contributed by atoms with Gasteiger partial charge in [-0.2, -0.15) is 0 Å². The zero-order valence-electron chi connectivity index (χ0n) is 16.8. The van der Waals surface area contributed by atoms with Gasteiger partial charge in [0.2, 0.25) is 0 Å². The molecule has 0 saturated carbocycles. The number of methoxy groups -OCH3 is 1. The van der Waals surface area contributed by atoms with E-state index in [9.17, 15) is 5.11 Å². The highest BCUT2D eigenvalue weighted by Crippen LogP contribution is 2.25. The molecule has 0 aromatic heterocycles. The van der Waals surface area contributed by atoms with Crippen LogP contribution in [0.25, 0.3) is 0 Å². The molecule has 2 aromatic carbocycles. The lowest BCUT2D eigenvalue weighted by molar-refractivity contribution is 0.0883. The number of phenols is 1. The van der Waals surface area contributed by atoms with Crippen LogP contribution >= 0.6 is 0 Å². The standard InChI is InChI=1S/C23H31N3O2/c1-28-22-10-8-20(9-11-22)25-13-15-26(16-14-25)21-6-4-12-24(18-21)17-19-5-2-3-7-23(19)27/h2-3,5,7-11,21,27H,4,6,12-18H2,1H3/t21-/m1/s1. The fourth-order valence-electron chi connectivity index (χ4n) is 4.50. The zero-order valence-corrected chi connectivity index (χ0v) is 16.8. The van der Waals surface area contributed by atoms with E-state index in [0.717, 1.165) is 57.1 Å². The van der Waals surface area contributed by atoms with Crippen molar-refractivity contribution in [2.45, 2.75) is 25.4 Å². The Labute approximate surface area is 168 Å². The molecule has 1 atom stereocenters. The van der Waals surface area contributed by atoms with E-state index in [1.165, 1.54) is 18.5 Å². The highest BCUT2D eigenvalue weighted by Gasteiger charge is 2.28. The van der Waals surface area contributed by atoms with E-state index in [0.29, 0.717) is 11.8 Å².